The average molecular weight is 274 g/mol. The Hall–Kier alpha value is -1.65. The summed E-state index contributed by atoms with van der Waals surface area (Å²) in [5.41, 5.74) is 8.23. The molecule has 0 saturated heterocycles. The highest BCUT2D eigenvalue weighted by Crippen LogP contribution is 2.06. The molecule has 0 radical (unpaired) electrons. The average Bonchev–Trinajstić information content (AvgIpc) is 2.96. The first-order valence-electron chi connectivity index (χ1n) is 6.34. The summed E-state index contributed by atoms with van der Waals surface area (Å²) in [6.07, 6.45) is 1.49. The molecule has 0 fully saturated rings. The van der Waals surface area contributed by atoms with E-state index >= 15 is 0 Å². The highest BCUT2D eigenvalue weighted by Gasteiger charge is 2.12. The largest absolute Gasteiger partial charge is 0.351 e. The molecule has 1 unspecified atom stereocenters. The van der Waals surface area contributed by atoms with Crippen molar-refractivity contribution < 1.29 is 4.79 Å². The van der Waals surface area contributed by atoms with Gasteiger partial charge in [-0.2, -0.15) is 11.3 Å². The lowest BCUT2D eigenvalue weighted by Gasteiger charge is -2.11. The maximum Gasteiger partial charge on any atom is 0.237 e. The molecule has 0 bridgehead atoms. The molecule has 19 heavy (non-hydrogen) atoms. The summed E-state index contributed by atoms with van der Waals surface area (Å²) in [5.74, 6) is -0.0814. The lowest BCUT2D eigenvalue weighted by molar-refractivity contribution is -0.122. The second-order valence-electron chi connectivity index (χ2n) is 4.48. The van der Waals surface area contributed by atoms with Gasteiger partial charge in [0.25, 0.3) is 0 Å². The van der Waals surface area contributed by atoms with Crippen molar-refractivity contribution in [2.75, 3.05) is 0 Å². The van der Waals surface area contributed by atoms with Crippen LogP contribution in [0, 0.1) is 0 Å². The minimum atomic E-state index is -0.446. The van der Waals surface area contributed by atoms with Crippen molar-refractivity contribution in [2.45, 2.75) is 25.4 Å². The van der Waals surface area contributed by atoms with Crippen LogP contribution >= 0.6 is 11.3 Å². The Balaban J connectivity index is 1.73. The summed E-state index contributed by atoms with van der Waals surface area (Å²) in [4.78, 5) is 11.8. The van der Waals surface area contributed by atoms with Crippen molar-refractivity contribution in [3.8, 4) is 0 Å². The van der Waals surface area contributed by atoms with Crippen molar-refractivity contribution in [3.63, 3.8) is 0 Å². The predicted octanol–water partition coefficient (Wildman–Crippen LogP) is 2.32. The third-order valence-corrected chi connectivity index (χ3v) is 3.70. The van der Waals surface area contributed by atoms with E-state index in [1.165, 1.54) is 5.56 Å². The minimum absolute atomic E-state index is 0.0814. The third-order valence-electron chi connectivity index (χ3n) is 2.97. The fourth-order valence-corrected chi connectivity index (χ4v) is 2.48. The molecular formula is C15H18N2OS. The zero-order chi connectivity index (χ0) is 13.5. The zero-order valence-electron chi connectivity index (χ0n) is 10.7. The first-order valence-corrected chi connectivity index (χ1v) is 7.28. The number of nitrogens with one attached hydrogen (secondary N) is 1. The molecule has 3 nitrogen and oxygen atoms in total. The molecule has 0 aliphatic carbocycles. The molecule has 0 aliphatic rings. The fourth-order valence-electron chi connectivity index (χ4n) is 1.81. The Kier molecular flexibility index (Phi) is 5.12. The van der Waals surface area contributed by atoms with Gasteiger partial charge >= 0.3 is 0 Å². The van der Waals surface area contributed by atoms with Gasteiger partial charge in [-0.05, 0) is 40.8 Å². The Morgan fingerprint density at radius 3 is 2.68 bits per heavy atom. The quantitative estimate of drug-likeness (QED) is 0.849. The van der Waals surface area contributed by atoms with Crippen molar-refractivity contribution >= 4 is 17.2 Å². The Morgan fingerprint density at radius 2 is 2.00 bits per heavy atom. The van der Waals surface area contributed by atoms with Gasteiger partial charge in [-0.1, -0.05) is 30.3 Å². The molecule has 1 heterocycles. The maximum absolute atomic E-state index is 11.8. The van der Waals surface area contributed by atoms with Crippen LogP contribution in [0.15, 0.2) is 47.2 Å². The van der Waals surface area contributed by atoms with Crippen LogP contribution in [-0.2, 0) is 17.8 Å². The van der Waals surface area contributed by atoms with Gasteiger partial charge in [0.15, 0.2) is 0 Å². The van der Waals surface area contributed by atoms with Gasteiger partial charge in [-0.3, -0.25) is 4.79 Å². The number of aryl methyl sites for hydroxylation is 1. The van der Waals surface area contributed by atoms with Gasteiger partial charge in [0.1, 0.15) is 0 Å². The molecule has 1 aromatic heterocycles. The minimum Gasteiger partial charge on any atom is -0.351 e. The number of hydrogen-bond acceptors (Lipinski definition) is 3. The van der Waals surface area contributed by atoms with Crippen LogP contribution in [0.2, 0.25) is 0 Å². The topological polar surface area (TPSA) is 55.1 Å². The SMILES string of the molecule is NC(CCc1ccccc1)C(=O)NCc1ccsc1. The fraction of sp³-hybridized carbons (Fsp3) is 0.267. The van der Waals surface area contributed by atoms with Gasteiger partial charge in [0.2, 0.25) is 5.91 Å². The monoisotopic (exact) mass is 274 g/mol. The number of hydrogen-bond donors (Lipinski definition) is 2. The molecule has 0 spiro atoms. The Bertz CT molecular complexity index is 496. The molecule has 1 aromatic carbocycles. The van der Waals surface area contributed by atoms with Crippen LogP contribution in [0.25, 0.3) is 0 Å². The Labute approximate surface area is 117 Å². The molecule has 3 N–H and O–H groups in total. The van der Waals surface area contributed by atoms with Crippen molar-refractivity contribution in [2.24, 2.45) is 5.73 Å². The maximum atomic E-state index is 11.8. The smallest absolute Gasteiger partial charge is 0.237 e. The number of nitrogens with two attached hydrogens (primary N) is 1. The van der Waals surface area contributed by atoms with E-state index in [2.05, 4.69) is 17.4 Å². The van der Waals surface area contributed by atoms with Gasteiger partial charge < -0.3 is 11.1 Å². The molecule has 100 valence electrons. The molecule has 2 aromatic rings. The third kappa shape index (κ3) is 4.50. The van der Waals surface area contributed by atoms with Crippen LogP contribution < -0.4 is 11.1 Å². The lowest BCUT2D eigenvalue weighted by atomic mass is 10.1. The summed E-state index contributed by atoms with van der Waals surface area (Å²) in [6.45, 7) is 0.557. The van der Waals surface area contributed by atoms with E-state index in [9.17, 15) is 4.79 Å². The predicted molar refractivity (Wildman–Crippen MR) is 78.9 cm³/mol. The summed E-state index contributed by atoms with van der Waals surface area (Å²) in [7, 11) is 0. The van der Waals surface area contributed by atoms with Gasteiger partial charge in [-0.25, -0.2) is 0 Å². The number of carbonyl (C=O) groups excluding carboxylic acids is 1. The first-order chi connectivity index (χ1) is 9.25. The standard InChI is InChI=1S/C15H18N2OS/c16-14(7-6-12-4-2-1-3-5-12)15(18)17-10-13-8-9-19-11-13/h1-5,8-9,11,14H,6-7,10,16H2,(H,17,18). The number of rotatable bonds is 6. The molecule has 1 amide bonds. The van der Waals surface area contributed by atoms with Crippen LogP contribution in [0.1, 0.15) is 17.5 Å². The van der Waals surface area contributed by atoms with Crippen LogP contribution in [-0.4, -0.2) is 11.9 Å². The summed E-state index contributed by atoms with van der Waals surface area (Å²) >= 11 is 1.62. The highest BCUT2D eigenvalue weighted by molar-refractivity contribution is 7.07. The van der Waals surface area contributed by atoms with Crippen LogP contribution in [0.4, 0.5) is 0 Å². The summed E-state index contributed by atoms with van der Waals surface area (Å²) < 4.78 is 0. The zero-order valence-corrected chi connectivity index (χ0v) is 11.5. The van der Waals surface area contributed by atoms with Gasteiger partial charge in [0.05, 0.1) is 6.04 Å². The van der Waals surface area contributed by atoms with E-state index in [4.69, 9.17) is 5.73 Å². The second kappa shape index (κ2) is 7.07. The summed E-state index contributed by atoms with van der Waals surface area (Å²) in [6, 6.07) is 11.6. The number of amides is 1. The van der Waals surface area contributed by atoms with Crippen molar-refractivity contribution in [3.05, 3.63) is 58.3 Å². The molecule has 4 heteroatoms. The van der Waals surface area contributed by atoms with Crippen molar-refractivity contribution in [1.29, 1.82) is 0 Å². The van der Waals surface area contributed by atoms with E-state index in [0.29, 0.717) is 13.0 Å². The number of carbonyl (C=O) groups is 1. The van der Waals surface area contributed by atoms with E-state index in [1.54, 1.807) is 11.3 Å². The van der Waals surface area contributed by atoms with Crippen LogP contribution in [0.5, 0.6) is 0 Å². The van der Waals surface area contributed by atoms with Gasteiger partial charge in [0, 0.05) is 6.54 Å². The second-order valence-corrected chi connectivity index (χ2v) is 5.26. The van der Waals surface area contributed by atoms with Gasteiger partial charge in [-0.15, -0.1) is 0 Å². The molecule has 2 rings (SSSR count). The lowest BCUT2D eigenvalue weighted by Crippen LogP contribution is -2.40. The molecule has 0 aliphatic heterocycles. The normalized spacial score (nSPS) is 12.1. The molecule has 0 saturated carbocycles. The number of benzene rings is 1. The first kappa shape index (κ1) is 13.8. The van der Waals surface area contributed by atoms with E-state index in [1.807, 2.05) is 35.0 Å². The van der Waals surface area contributed by atoms with E-state index < -0.39 is 6.04 Å². The number of thiophene rings is 1. The summed E-state index contributed by atoms with van der Waals surface area (Å²) in [5, 5.41) is 6.88. The van der Waals surface area contributed by atoms with E-state index in [0.717, 1.165) is 12.0 Å². The molecule has 1 atom stereocenters. The Morgan fingerprint density at radius 1 is 1.21 bits per heavy atom. The van der Waals surface area contributed by atoms with Crippen molar-refractivity contribution in [1.82, 2.24) is 5.32 Å². The van der Waals surface area contributed by atoms with Crippen LogP contribution in [0.3, 0.4) is 0 Å². The molecular weight excluding hydrogens is 256 g/mol. The van der Waals surface area contributed by atoms with E-state index in [-0.39, 0.29) is 5.91 Å². The highest BCUT2D eigenvalue weighted by atomic mass is 32.1.